The molecule has 0 aliphatic carbocycles. The quantitative estimate of drug-likeness (QED) is 0.841. The van der Waals surface area contributed by atoms with Crippen LogP contribution in [-0.4, -0.2) is 14.9 Å². The molecule has 0 aliphatic heterocycles. The molecule has 1 atom stereocenters. The maximum absolute atomic E-state index is 5.29. The lowest BCUT2D eigenvalue weighted by atomic mass is 10.1. The van der Waals surface area contributed by atoms with Crippen LogP contribution < -0.4 is 10.6 Å². The second kappa shape index (κ2) is 6.33. The molecule has 1 aromatic heterocycles. The zero-order chi connectivity index (χ0) is 13.7. The smallest absolute Gasteiger partial charge is 0.172 e. The second-order valence-electron chi connectivity index (χ2n) is 4.29. The van der Waals surface area contributed by atoms with Crippen LogP contribution in [0, 0.1) is 0 Å². The van der Waals surface area contributed by atoms with Crippen LogP contribution in [0.15, 0.2) is 42.6 Å². The fourth-order valence-electron chi connectivity index (χ4n) is 1.78. The monoisotopic (exact) mass is 274 g/mol. The molecule has 1 aromatic carbocycles. The molecule has 19 heavy (non-hydrogen) atoms. The van der Waals surface area contributed by atoms with Gasteiger partial charge in [0.1, 0.15) is 0 Å². The van der Waals surface area contributed by atoms with Gasteiger partial charge in [-0.05, 0) is 31.6 Å². The van der Waals surface area contributed by atoms with Gasteiger partial charge in [0.25, 0.3) is 0 Å². The van der Waals surface area contributed by atoms with Crippen molar-refractivity contribution in [1.29, 1.82) is 0 Å². The van der Waals surface area contributed by atoms with E-state index in [-0.39, 0.29) is 6.04 Å². The van der Waals surface area contributed by atoms with Gasteiger partial charge < -0.3 is 10.6 Å². The van der Waals surface area contributed by atoms with Gasteiger partial charge in [-0.15, -0.1) is 0 Å². The number of aromatic nitrogens is 2. The molecule has 5 heteroatoms. The van der Waals surface area contributed by atoms with Crippen LogP contribution >= 0.6 is 12.2 Å². The Hall–Kier alpha value is -1.88. The highest BCUT2D eigenvalue weighted by Crippen LogP contribution is 2.11. The van der Waals surface area contributed by atoms with Crippen molar-refractivity contribution < 1.29 is 0 Å². The van der Waals surface area contributed by atoms with Gasteiger partial charge in [-0.1, -0.05) is 30.3 Å². The lowest BCUT2D eigenvalue weighted by molar-refractivity contribution is 0.662. The van der Waals surface area contributed by atoms with E-state index in [0.29, 0.717) is 5.11 Å². The summed E-state index contributed by atoms with van der Waals surface area (Å²) in [4.78, 5) is 0. The lowest BCUT2D eigenvalue weighted by Gasteiger charge is -2.16. The van der Waals surface area contributed by atoms with Gasteiger partial charge in [-0.25, -0.2) is 0 Å². The first-order valence-corrected chi connectivity index (χ1v) is 6.75. The van der Waals surface area contributed by atoms with Crippen molar-refractivity contribution in [3.8, 4) is 0 Å². The molecule has 2 aromatic rings. The maximum Gasteiger partial charge on any atom is 0.172 e. The molecule has 4 nitrogen and oxygen atoms in total. The minimum Gasteiger partial charge on any atom is -0.356 e. The number of hydrogen-bond donors (Lipinski definition) is 2. The number of hydrogen-bond acceptors (Lipinski definition) is 2. The molecule has 0 saturated carbocycles. The fraction of sp³-hybridized carbons (Fsp3) is 0.286. The van der Waals surface area contributed by atoms with Crippen molar-refractivity contribution in [1.82, 2.24) is 15.1 Å². The Kier molecular flexibility index (Phi) is 4.52. The van der Waals surface area contributed by atoms with E-state index in [2.05, 4.69) is 34.8 Å². The molecule has 0 spiro atoms. The summed E-state index contributed by atoms with van der Waals surface area (Å²) < 4.78 is 1.85. The first-order chi connectivity index (χ1) is 9.19. The van der Waals surface area contributed by atoms with Crippen LogP contribution in [0.25, 0.3) is 0 Å². The molecular formula is C14H18N4S. The Labute approximate surface area is 118 Å². The summed E-state index contributed by atoms with van der Waals surface area (Å²) in [6, 6.07) is 12.3. The van der Waals surface area contributed by atoms with E-state index in [4.69, 9.17) is 12.2 Å². The third-order valence-electron chi connectivity index (χ3n) is 2.85. The van der Waals surface area contributed by atoms with E-state index in [0.717, 1.165) is 12.4 Å². The van der Waals surface area contributed by atoms with Gasteiger partial charge in [0.15, 0.2) is 10.9 Å². The molecule has 0 amide bonds. The molecule has 0 bridgehead atoms. The highest BCUT2D eigenvalue weighted by atomic mass is 32.1. The summed E-state index contributed by atoms with van der Waals surface area (Å²) in [5, 5.41) is 11.2. The average Bonchev–Trinajstić information content (AvgIpc) is 2.87. The summed E-state index contributed by atoms with van der Waals surface area (Å²) in [6.07, 6.45) is 1.92. The lowest BCUT2D eigenvalue weighted by Crippen LogP contribution is -2.31. The number of nitrogens with zero attached hydrogens (tertiary/aromatic N) is 2. The summed E-state index contributed by atoms with van der Waals surface area (Å²) in [5.74, 6) is 0.764. The van der Waals surface area contributed by atoms with E-state index in [1.54, 1.807) is 0 Å². The van der Waals surface area contributed by atoms with Crippen LogP contribution in [0.1, 0.15) is 25.5 Å². The Balaban J connectivity index is 1.91. The molecule has 100 valence electrons. The van der Waals surface area contributed by atoms with Crippen LogP contribution in [0.2, 0.25) is 0 Å². The molecule has 0 saturated heterocycles. The van der Waals surface area contributed by atoms with Crippen molar-refractivity contribution >= 4 is 23.1 Å². The Morgan fingerprint density at radius 3 is 2.68 bits per heavy atom. The minimum atomic E-state index is 0.162. The summed E-state index contributed by atoms with van der Waals surface area (Å²) in [7, 11) is 0. The third kappa shape index (κ3) is 3.79. The molecule has 2 N–H and O–H groups in total. The number of aryl methyl sites for hydroxylation is 1. The average molecular weight is 274 g/mol. The van der Waals surface area contributed by atoms with E-state index in [1.165, 1.54) is 5.56 Å². The van der Waals surface area contributed by atoms with Crippen LogP contribution in [-0.2, 0) is 6.54 Å². The SMILES string of the molecule is CCn1ccc(NC(=S)NC(C)c2ccccc2)n1. The molecular weight excluding hydrogens is 256 g/mol. The standard InChI is InChI=1S/C14H18N4S/c1-3-18-10-9-13(17-18)16-14(19)15-11(2)12-7-5-4-6-8-12/h4-11H,3H2,1-2H3,(H2,15,16,17,19). The van der Waals surface area contributed by atoms with Gasteiger partial charge in [-0.3, -0.25) is 4.68 Å². The number of rotatable bonds is 4. The topological polar surface area (TPSA) is 41.9 Å². The first kappa shape index (κ1) is 13.5. The van der Waals surface area contributed by atoms with Crippen molar-refractivity contribution in [3.63, 3.8) is 0 Å². The number of anilines is 1. The van der Waals surface area contributed by atoms with Gasteiger partial charge in [0.05, 0.1) is 6.04 Å². The highest BCUT2D eigenvalue weighted by Gasteiger charge is 2.07. The molecule has 2 rings (SSSR count). The molecule has 1 unspecified atom stereocenters. The molecule has 0 radical (unpaired) electrons. The van der Waals surface area contributed by atoms with Crippen LogP contribution in [0.5, 0.6) is 0 Å². The number of benzene rings is 1. The summed E-state index contributed by atoms with van der Waals surface area (Å²) in [6.45, 7) is 4.97. The van der Waals surface area contributed by atoms with Crippen molar-refractivity contribution in [3.05, 3.63) is 48.2 Å². The number of thiocarbonyl (C=S) groups is 1. The van der Waals surface area contributed by atoms with Crippen molar-refractivity contribution in [2.75, 3.05) is 5.32 Å². The zero-order valence-corrected chi connectivity index (χ0v) is 11.9. The van der Waals surface area contributed by atoms with E-state index in [1.807, 2.05) is 42.1 Å². The van der Waals surface area contributed by atoms with E-state index in [9.17, 15) is 0 Å². The van der Waals surface area contributed by atoms with Gasteiger partial charge in [-0.2, -0.15) is 5.10 Å². The highest BCUT2D eigenvalue weighted by molar-refractivity contribution is 7.80. The predicted molar refractivity (Wildman–Crippen MR) is 82.1 cm³/mol. The Morgan fingerprint density at radius 1 is 1.32 bits per heavy atom. The first-order valence-electron chi connectivity index (χ1n) is 6.35. The van der Waals surface area contributed by atoms with Crippen LogP contribution in [0.4, 0.5) is 5.82 Å². The molecule has 0 fully saturated rings. The minimum absolute atomic E-state index is 0.162. The number of nitrogens with one attached hydrogen (secondary N) is 2. The van der Waals surface area contributed by atoms with Crippen LogP contribution in [0.3, 0.4) is 0 Å². The fourth-order valence-corrected chi connectivity index (χ4v) is 2.06. The molecule has 1 heterocycles. The summed E-state index contributed by atoms with van der Waals surface area (Å²) >= 11 is 5.29. The maximum atomic E-state index is 5.29. The van der Waals surface area contributed by atoms with Crippen molar-refractivity contribution in [2.45, 2.75) is 26.4 Å². The van der Waals surface area contributed by atoms with Gasteiger partial charge in [0, 0.05) is 18.8 Å². The third-order valence-corrected chi connectivity index (χ3v) is 3.07. The largest absolute Gasteiger partial charge is 0.356 e. The zero-order valence-electron chi connectivity index (χ0n) is 11.1. The van der Waals surface area contributed by atoms with Gasteiger partial charge in [0.2, 0.25) is 0 Å². The predicted octanol–water partition coefficient (Wildman–Crippen LogP) is 2.95. The van der Waals surface area contributed by atoms with E-state index < -0.39 is 0 Å². The Bertz CT molecular complexity index is 535. The van der Waals surface area contributed by atoms with E-state index >= 15 is 0 Å². The van der Waals surface area contributed by atoms with Crippen molar-refractivity contribution in [2.24, 2.45) is 0 Å². The summed E-state index contributed by atoms with van der Waals surface area (Å²) in [5.41, 5.74) is 1.20. The van der Waals surface area contributed by atoms with Gasteiger partial charge >= 0.3 is 0 Å². The molecule has 0 aliphatic rings. The second-order valence-corrected chi connectivity index (χ2v) is 4.70. The Morgan fingerprint density at radius 2 is 2.05 bits per heavy atom. The normalized spacial score (nSPS) is 11.9.